The van der Waals surface area contributed by atoms with Crippen LogP contribution in [0, 0.1) is 22.7 Å². The van der Waals surface area contributed by atoms with Gasteiger partial charge in [-0.1, -0.05) is 93.3 Å². The van der Waals surface area contributed by atoms with Crippen molar-refractivity contribution >= 4 is 13.7 Å². The molecule has 0 heterocycles. The molecule has 198 valence electrons. The fourth-order valence-corrected chi connectivity index (χ4v) is 5.08. The SMILES string of the molecule is CCCCCCCC(=O)N[C@H](c1ccccc1)[C@@H](OP(=O)(OCCC#N)OCCC#N)c1ccccc1. The van der Waals surface area contributed by atoms with Crippen LogP contribution in [-0.2, 0) is 22.9 Å². The van der Waals surface area contributed by atoms with Crippen molar-refractivity contribution in [3.63, 3.8) is 0 Å². The molecule has 0 aliphatic rings. The van der Waals surface area contributed by atoms with E-state index in [-0.39, 0.29) is 32.0 Å². The number of nitrogens with one attached hydrogen (secondary N) is 1. The highest BCUT2D eigenvalue weighted by molar-refractivity contribution is 7.48. The minimum atomic E-state index is -4.21. The summed E-state index contributed by atoms with van der Waals surface area (Å²) in [6, 6.07) is 21.6. The van der Waals surface area contributed by atoms with Gasteiger partial charge in [-0.15, -0.1) is 0 Å². The van der Waals surface area contributed by atoms with E-state index in [1.807, 2.05) is 72.8 Å². The summed E-state index contributed by atoms with van der Waals surface area (Å²) in [6.45, 7) is 1.82. The fraction of sp³-hybridized carbons (Fsp3) is 0.464. The van der Waals surface area contributed by atoms with Gasteiger partial charge in [0.25, 0.3) is 0 Å². The van der Waals surface area contributed by atoms with E-state index in [0.717, 1.165) is 37.7 Å². The van der Waals surface area contributed by atoms with Crippen LogP contribution in [0.3, 0.4) is 0 Å². The van der Waals surface area contributed by atoms with E-state index in [2.05, 4.69) is 12.2 Å². The van der Waals surface area contributed by atoms with Crippen LogP contribution in [0.25, 0.3) is 0 Å². The molecule has 0 aliphatic carbocycles. The molecule has 2 aromatic carbocycles. The van der Waals surface area contributed by atoms with Gasteiger partial charge in [0.1, 0.15) is 6.10 Å². The fourth-order valence-electron chi connectivity index (χ4n) is 3.73. The summed E-state index contributed by atoms with van der Waals surface area (Å²) < 4.78 is 30.6. The molecule has 2 atom stereocenters. The molecule has 0 unspecified atom stereocenters. The largest absolute Gasteiger partial charge is 0.475 e. The van der Waals surface area contributed by atoms with E-state index in [1.165, 1.54) is 0 Å². The third kappa shape index (κ3) is 11.3. The number of nitriles is 2. The summed E-state index contributed by atoms with van der Waals surface area (Å²) in [5.74, 6) is -0.138. The van der Waals surface area contributed by atoms with Gasteiger partial charge in [-0.05, 0) is 17.5 Å². The second kappa shape index (κ2) is 17.5. The van der Waals surface area contributed by atoms with Gasteiger partial charge in [0.15, 0.2) is 0 Å². The molecule has 0 radical (unpaired) electrons. The van der Waals surface area contributed by atoms with Gasteiger partial charge in [0, 0.05) is 6.42 Å². The van der Waals surface area contributed by atoms with Crippen LogP contribution in [0.15, 0.2) is 60.7 Å². The molecule has 8 nitrogen and oxygen atoms in total. The number of phosphoric acid groups is 1. The normalized spacial score (nSPS) is 12.7. The molecule has 0 saturated carbocycles. The molecule has 1 amide bonds. The Kier molecular flexibility index (Phi) is 14.3. The lowest BCUT2D eigenvalue weighted by atomic mass is 9.95. The van der Waals surface area contributed by atoms with Crippen molar-refractivity contribution < 1.29 is 22.9 Å². The lowest BCUT2D eigenvalue weighted by Gasteiger charge is -2.31. The average molecular weight is 526 g/mol. The molecule has 0 spiro atoms. The molecule has 0 fully saturated rings. The number of hydrogen-bond donors (Lipinski definition) is 1. The van der Waals surface area contributed by atoms with Gasteiger partial charge >= 0.3 is 7.82 Å². The standard InChI is InChI=1S/C28H36N3O5P/c1-2-3-4-5-12-19-26(32)31-27(24-15-8-6-9-16-24)28(25-17-10-7-11-18-25)36-37(33,34-22-13-20-29)35-23-14-21-30/h6-11,15-18,27-28H,2-5,12-14,19,22-23H2,1H3,(H,31,32)/t27-,28+/m1/s1. The van der Waals surface area contributed by atoms with Crippen LogP contribution in [-0.4, -0.2) is 19.1 Å². The monoisotopic (exact) mass is 525 g/mol. The minimum absolute atomic E-state index is 0.0121. The lowest BCUT2D eigenvalue weighted by Crippen LogP contribution is -2.33. The number of amides is 1. The number of phosphoric ester groups is 1. The molecular weight excluding hydrogens is 489 g/mol. The van der Waals surface area contributed by atoms with E-state index in [4.69, 9.17) is 24.1 Å². The Morgan fingerprint density at radius 3 is 1.95 bits per heavy atom. The maximum atomic E-state index is 13.6. The minimum Gasteiger partial charge on any atom is -0.346 e. The van der Waals surface area contributed by atoms with Crippen LogP contribution in [0.5, 0.6) is 0 Å². The van der Waals surface area contributed by atoms with Crippen molar-refractivity contribution in [2.75, 3.05) is 13.2 Å². The second-order valence-corrected chi connectivity index (χ2v) is 10.1. The molecule has 37 heavy (non-hydrogen) atoms. The quantitative estimate of drug-likeness (QED) is 0.165. The first-order valence-electron chi connectivity index (χ1n) is 12.7. The summed E-state index contributed by atoms with van der Waals surface area (Å²) in [5.41, 5.74) is 1.42. The summed E-state index contributed by atoms with van der Waals surface area (Å²) in [6.07, 6.45) is 4.53. The summed E-state index contributed by atoms with van der Waals surface area (Å²) in [4.78, 5) is 13.0. The van der Waals surface area contributed by atoms with E-state index in [9.17, 15) is 9.36 Å². The van der Waals surface area contributed by atoms with Gasteiger partial charge in [0.05, 0.1) is 44.2 Å². The third-order valence-electron chi connectivity index (χ3n) is 5.58. The Hall–Kier alpha value is -3.00. The third-order valence-corrected chi connectivity index (χ3v) is 7.07. The van der Waals surface area contributed by atoms with Crippen molar-refractivity contribution in [1.82, 2.24) is 5.32 Å². The summed E-state index contributed by atoms with van der Waals surface area (Å²) in [5, 5.41) is 20.9. The van der Waals surface area contributed by atoms with Gasteiger partial charge < -0.3 is 5.32 Å². The van der Waals surface area contributed by atoms with Crippen molar-refractivity contribution in [2.24, 2.45) is 0 Å². The predicted octanol–water partition coefficient (Wildman–Crippen LogP) is 6.93. The Labute approximate surface area is 220 Å². The zero-order valence-corrected chi connectivity index (χ0v) is 22.3. The zero-order valence-electron chi connectivity index (χ0n) is 21.4. The maximum Gasteiger partial charge on any atom is 0.475 e. The molecule has 9 heteroatoms. The molecule has 0 aromatic heterocycles. The average Bonchev–Trinajstić information content (AvgIpc) is 2.92. The smallest absolute Gasteiger partial charge is 0.346 e. The van der Waals surface area contributed by atoms with Gasteiger partial charge in [-0.2, -0.15) is 10.5 Å². The van der Waals surface area contributed by atoms with Crippen molar-refractivity contribution in [1.29, 1.82) is 10.5 Å². The lowest BCUT2D eigenvalue weighted by molar-refractivity contribution is -0.122. The zero-order chi connectivity index (χ0) is 26.8. The van der Waals surface area contributed by atoms with Gasteiger partial charge in [-0.3, -0.25) is 18.4 Å². The Morgan fingerprint density at radius 2 is 1.41 bits per heavy atom. The van der Waals surface area contributed by atoms with E-state index in [1.54, 1.807) is 0 Å². The summed E-state index contributed by atoms with van der Waals surface area (Å²) in [7, 11) is -4.21. The number of carbonyl (C=O) groups excluding carboxylic acids is 1. The molecule has 2 rings (SSSR count). The Balaban J connectivity index is 2.36. The maximum absolute atomic E-state index is 13.6. The van der Waals surface area contributed by atoms with Crippen molar-refractivity contribution in [3.05, 3.63) is 71.8 Å². The highest BCUT2D eigenvalue weighted by atomic mass is 31.2. The first-order valence-corrected chi connectivity index (χ1v) is 14.2. The number of unbranched alkanes of at least 4 members (excludes halogenated alkanes) is 4. The van der Waals surface area contributed by atoms with Crippen molar-refractivity contribution in [3.8, 4) is 12.1 Å². The predicted molar refractivity (Wildman–Crippen MR) is 141 cm³/mol. The number of hydrogen-bond acceptors (Lipinski definition) is 7. The molecule has 0 bridgehead atoms. The number of benzene rings is 2. The highest BCUT2D eigenvalue weighted by Gasteiger charge is 2.37. The number of nitrogens with zero attached hydrogens (tertiary/aromatic N) is 2. The van der Waals surface area contributed by atoms with Crippen LogP contribution in [0.1, 0.15) is 81.6 Å². The Bertz CT molecular complexity index is 1030. The highest BCUT2D eigenvalue weighted by Crippen LogP contribution is 2.55. The van der Waals surface area contributed by atoms with Crippen molar-refractivity contribution in [2.45, 2.75) is 70.4 Å². The van der Waals surface area contributed by atoms with E-state index < -0.39 is 20.0 Å². The first kappa shape index (κ1) is 30.2. The van der Waals surface area contributed by atoms with E-state index in [0.29, 0.717) is 12.0 Å². The topological polar surface area (TPSA) is 121 Å². The Morgan fingerprint density at radius 1 is 0.865 bits per heavy atom. The molecular formula is C28H36N3O5P. The molecule has 1 N–H and O–H groups in total. The molecule has 2 aromatic rings. The van der Waals surface area contributed by atoms with Crippen LogP contribution < -0.4 is 5.32 Å². The van der Waals surface area contributed by atoms with Crippen LogP contribution >= 0.6 is 7.82 Å². The molecule has 0 saturated heterocycles. The molecule has 0 aliphatic heterocycles. The van der Waals surface area contributed by atoms with Crippen LogP contribution in [0.4, 0.5) is 0 Å². The van der Waals surface area contributed by atoms with E-state index >= 15 is 0 Å². The van der Waals surface area contributed by atoms with Crippen LogP contribution in [0.2, 0.25) is 0 Å². The van der Waals surface area contributed by atoms with Gasteiger partial charge in [-0.25, -0.2) is 4.57 Å². The second-order valence-electron chi connectivity index (χ2n) is 8.49. The number of carbonyl (C=O) groups is 1. The van der Waals surface area contributed by atoms with Gasteiger partial charge in [0.2, 0.25) is 5.91 Å². The summed E-state index contributed by atoms with van der Waals surface area (Å²) >= 11 is 0. The first-order chi connectivity index (χ1) is 18.0. The number of rotatable bonds is 18.